The lowest BCUT2D eigenvalue weighted by Gasteiger charge is -2.40. The third-order valence-corrected chi connectivity index (χ3v) is 7.04. The molecule has 0 bridgehead atoms. The van der Waals surface area contributed by atoms with Gasteiger partial charge in [0.05, 0.1) is 6.61 Å². The molecule has 4 N–H and O–H groups in total. The van der Waals surface area contributed by atoms with Gasteiger partial charge in [0.15, 0.2) is 10.8 Å². The summed E-state index contributed by atoms with van der Waals surface area (Å²) in [4.78, 5) is 0. The molecule has 2 aromatic heterocycles. The molecule has 10 heteroatoms. The van der Waals surface area contributed by atoms with Crippen LogP contribution in [0.25, 0.3) is 21.7 Å². The maximum Gasteiger partial charge on any atom is 0.183 e. The molecule has 2 aromatic carbocycles. The number of rotatable bonds is 5. The second kappa shape index (κ2) is 9.11. The van der Waals surface area contributed by atoms with E-state index in [1.54, 1.807) is 18.2 Å². The average molecular weight is 489 g/mol. The molecule has 1 aliphatic heterocycles. The molecule has 3 heterocycles. The molecule has 0 amide bonds. The third kappa shape index (κ3) is 4.29. The molecule has 5 rings (SSSR count). The number of aliphatic hydroxyl groups excluding tert-OH is 4. The second-order valence-corrected chi connectivity index (χ2v) is 9.40. The monoisotopic (exact) mass is 488 g/mol. The fourth-order valence-electron chi connectivity index (χ4n) is 3.96. The quantitative estimate of drug-likeness (QED) is 0.337. The number of aliphatic hydroxyl groups is 4. The largest absolute Gasteiger partial charge is 0.453 e. The van der Waals surface area contributed by atoms with Crippen molar-refractivity contribution in [2.45, 2.75) is 36.9 Å². The molecule has 0 saturated carbocycles. The number of ether oxygens (including phenoxy) is 1. The normalized spacial score (nSPS) is 25.5. The number of aromatic nitrogens is 2. The Balaban J connectivity index is 1.39. The Hall–Kier alpha value is -2.37. The van der Waals surface area contributed by atoms with Crippen molar-refractivity contribution in [3.05, 3.63) is 69.7 Å². The molecule has 1 saturated heterocycles. The minimum absolute atomic E-state index is 0.391. The molecular weight excluding hydrogens is 468 g/mol. The predicted molar refractivity (Wildman–Crippen MR) is 122 cm³/mol. The van der Waals surface area contributed by atoms with Gasteiger partial charge >= 0.3 is 0 Å². The summed E-state index contributed by atoms with van der Waals surface area (Å²) in [7, 11) is 0. The SMILES string of the molecule is OCC1OC(c2ccc(Cl)c(Cc3nnc(-c4cc5ccccc5o4)s3)c2)C(O)C(O)C1O. The Morgan fingerprint density at radius 1 is 0.970 bits per heavy atom. The molecule has 0 spiro atoms. The minimum atomic E-state index is -1.45. The van der Waals surface area contributed by atoms with Crippen LogP contribution in [0.3, 0.4) is 0 Å². The van der Waals surface area contributed by atoms with E-state index in [4.69, 9.17) is 20.8 Å². The summed E-state index contributed by atoms with van der Waals surface area (Å²) in [5.74, 6) is 0.640. The van der Waals surface area contributed by atoms with E-state index < -0.39 is 37.1 Å². The van der Waals surface area contributed by atoms with Crippen LogP contribution >= 0.6 is 22.9 Å². The van der Waals surface area contributed by atoms with Crippen LogP contribution in [0.2, 0.25) is 5.02 Å². The molecular formula is C23H21ClN2O6S. The summed E-state index contributed by atoms with van der Waals surface area (Å²) in [6, 6.07) is 14.7. The van der Waals surface area contributed by atoms with Crippen molar-refractivity contribution >= 4 is 33.9 Å². The zero-order valence-electron chi connectivity index (χ0n) is 17.2. The van der Waals surface area contributed by atoms with Crippen molar-refractivity contribution in [3.8, 4) is 10.8 Å². The number of fused-ring (bicyclic) bond motifs is 1. The van der Waals surface area contributed by atoms with Gasteiger partial charge in [0.1, 0.15) is 41.1 Å². The molecule has 33 heavy (non-hydrogen) atoms. The molecule has 0 radical (unpaired) electrons. The lowest BCUT2D eigenvalue weighted by molar-refractivity contribution is -0.231. The van der Waals surface area contributed by atoms with Crippen LogP contribution in [-0.4, -0.2) is 61.6 Å². The topological polar surface area (TPSA) is 129 Å². The van der Waals surface area contributed by atoms with Gasteiger partial charge in [0.2, 0.25) is 0 Å². The van der Waals surface area contributed by atoms with Crippen LogP contribution in [0.1, 0.15) is 22.2 Å². The molecule has 0 aliphatic carbocycles. The van der Waals surface area contributed by atoms with Crippen molar-refractivity contribution < 1.29 is 29.6 Å². The van der Waals surface area contributed by atoms with Crippen molar-refractivity contribution in [3.63, 3.8) is 0 Å². The minimum Gasteiger partial charge on any atom is -0.453 e. The summed E-state index contributed by atoms with van der Waals surface area (Å²) < 4.78 is 11.5. The summed E-state index contributed by atoms with van der Waals surface area (Å²) in [6.45, 7) is -0.489. The van der Waals surface area contributed by atoms with Gasteiger partial charge in [0, 0.05) is 16.8 Å². The van der Waals surface area contributed by atoms with Gasteiger partial charge < -0.3 is 29.6 Å². The summed E-state index contributed by atoms with van der Waals surface area (Å²) >= 11 is 7.80. The van der Waals surface area contributed by atoms with Gasteiger partial charge in [0.25, 0.3) is 0 Å². The van der Waals surface area contributed by atoms with Crippen molar-refractivity contribution in [2.75, 3.05) is 6.61 Å². The van der Waals surface area contributed by atoms with Crippen LogP contribution in [0.4, 0.5) is 0 Å². The fraction of sp³-hybridized carbons (Fsp3) is 0.304. The van der Waals surface area contributed by atoms with Gasteiger partial charge in [-0.25, -0.2) is 0 Å². The van der Waals surface area contributed by atoms with E-state index in [1.807, 2.05) is 30.3 Å². The highest BCUT2D eigenvalue weighted by Crippen LogP contribution is 2.35. The number of furan rings is 1. The maximum absolute atomic E-state index is 10.4. The second-order valence-electron chi connectivity index (χ2n) is 7.93. The van der Waals surface area contributed by atoms with E-state index in [-0.39, 0.29) is 0 Å². The maximum atomic E-state index is 10.4. The predicted octanol–water partition coefficient (Wildman–Crippen LogP) is 2.71. The van der Waals surface area contributed by atoms with Gasteiger partial charge in [-0.2, -0.15) is 0 Å². The molecule has 1 fully saturated rings. The zero-order valence-corrected chi connectivity index (χ0v) is 18.8. The van der Waals surface area contributed by atoms with E-state index in [2.05, 4.69) is 10.2 Å². The number of para-hydroxylation sites is 1. The van der Waals surface area contributed by atoms with Crippen LogP contribution in [-0.2, 0) is 11.2 Å². The van der Waals surface area contributed by atoms with E-state index in [0.717, 1.165) is 21.5 Å². The Morgan fingerprint density at radius 3 is 2.58 bits per heavy atom. The van der Waals surface area contributed by atoms with Crippen LogP contribution < -0.4 is 0 Å². The highest BCUT2D eigenvalue weighted by Gasteiger charge is 2.44. The van der Waals surface area contributed by atoms with Gasteiger partial charge in [-0.05, 0) is 29.3 Å². The standard InChI is InChI=1S/C23H21ClN2O6S/c24-14-6-5-12(22-21(30)20(29)19(28)17(10-27)32-22)7-13(14)9-18-25-26-23(33-18)16-8-11-3-1-2-4-15(11)31-16/h1-8,17,19-22,27-30H,9-10H2. The summed E-state index contributed by atoms with van der Waals surface area (Å²) in [5.41, 5.74) is 2.08. The smallest absolute Gasteiger partial charge is 0.183 e. The lowest BCUT2D eigenvalue weighted by atomic mass is 9.90. The van der Waals surface area contributed by atoms with Crippen molar-refractivity contribution in [2.24, 2.45) is 0 Å². The molecule has 4 aromatic rings. The molecule has 5 unspecified atom stereocenters. The Bertz CT molecular complexity index is 1240. The van der Waals surface area contributed by atoms with Crippen molar-refractivity contribution in [1.29, 1.82) is 0 Å². The van der Waals surface area contributed by atoms with Gasteiger partial charge in [-0.3, -0.25) is 0 Å². The first-order valence-electron chi connectivity index (χ1n) is 10.3. The first kappa shape index (κ1) is 22.4. The number of benzene rings is 2. The van der Waals surface area contributed by atoms with E-state index in [1.165, 1.54) is 11.3 Å². The summed E-state index contributed by atoms with van der Waals surface area (Å²) in [5, 5.41) is 51.4. The number of nitrogens with zero attached hydrogens (tertiary/aromatic N) is 2. The Labute approximate surface area is 197 Å². The van der Waals surface area contributed by atoms with E-state index in [9.17, 15) is 20.4 Å². The Morgan fingerprint density at radius 2 is 1.79 bits per heavy atom. The fourth-order valence-corrected chi connectivity index (χ4v) is 4.96. The van der Waals surface area contributed by atoms with Crippen LogP contribution in [0, 0.1) is 0 Å². The third-order valence-electron chi connectivity index (χ3n) is 5.74. The Kier molecular flexibility index (Phi) is 6.19. The zero-order chi connectivity index (χ0) is 23.1. The number of hydrogen-bond acceptors (Lipinski definition) is 9. The van der Waals surface area contributed by atoms with Crippen LogP contribution in [0.5, 0.6) is 0 Å². The van der Waals surface area contributed by atoms with Crippen LogP contribution in [0.15, 0.2) is 52.9 Å². The average Bonchev–Trinajstić information content (AvgIpc) is 3.46. The van der Waals surface area contributed by atoms with Gasteiger partial charge in [-0.1, -0.05) is 53.3 Å². The highest BCUT2D eigenvalue weighted by molar-refractivity contribution is 7.14. The lowest BCUT2D eigenvalue weighted by Crippen LogP contribution is -2.55. The molecule has 172 valence electrons. The number of hydrogen-bond donors (Lipinski definition) is 4. The van der Waals surface area contributed by atoms with Crippen molar-refractivity contribution in [1.82, 2.24) is 10.2 Å². The molecule has 1 aliphatic rings. The molecule has 8 nitrogen and oxygen atoms in total. The summed E-state index contributed by atoms with van der Waals surface area (Å²) in [6.07, 6.45) is -5.75. The van der Waals surface area contributed by atoms with Gasteiger partial charge in [-0.15, -0.1) is 10.2 Å². The highest BCUT2D eigenvalue weighted by atomic mass is 35.5. The first-order chi connectivity index (χ1) is 15.9. The number of halogens is 1. The molecule has 5 atom stereocenters. The van der Waals surface area contributed by atoms with E-state index >= 15 is 0 Å². The first-order valence-corrected chi connectivity index (χ1v) is 11.5. The van der Waals surface area contributed by atoms with E-state index in [0.29, 0.717) is 27.8 Å².